The fraction of sp³-hybridized carbons (Fsp3) is 0.250. The Labute approximate surface area is 167 Å². The summed E-state index contributed by atoms with van der Waals surface area (Å²) in [4.78, 5) is 24.7. The first-order valence-corrected chi connectivity index (χ1v) is 9.54. The number of carbonyl (C=O) groups is 1. The average Bonchev–Trinajstić information content (AvgIpc) is 2.69. The quantitative estimate of drug-likeness (QED) is 0.621. The molecule has 2 heterocycles. The van der Waals surface area contributed by atoms with Crippen LogP contribution in [0.3, 0.4) is 0 Å². The number of halogens is 2. The monoisotopic (exact) mass is 400 g/mol. The lowest BCUT2D eigenvalue weighted by Gasteiger charge is -2.35. The van der Waals surface area contributed by atoms with Gasteiger partial charge in [-0.2, -0.15) is 0 Å². The van der Waals surface area contributed by atoms with Crippen LogP contribution in [-0.4, -0.2) is 53.9 Å². The molecule has 1 aliphatic rings. The molecule has 0 bridgehead atoms. The summed E-state index contributed by atoms with van der Waals surface area (Å²) in [6, 6.07) is 13.2. The predicted molar refractivity (Wildman–Crippen MR) is 110 cm³/mol. The van der Waals surface area contributed by atoms with E-state index in [-0.39, 0.29) is 0 Å². The van der Waals surface area contributed by atoms with Crippen LogP contribution in [0.2, 0.25) is 10.0 Å². The molecule has 3 aromatic rings. The van der Waals surface area contributed by atoms with Crippen molar-refractivity contribution in [1.29, 1.82) is 0 Å². The van der Waals surface area contributed by atoms with Gasteiger partial charge in [0.05, 0.1) is 12.1 Å². The van der Waals surface area contributed by atoms with Crippen LogP contribution in [-0.2, 0) is 4.79 Å². The summed E-state index contributed by atoms with van der Waals surface area (Å²) in [6.45, 7) is 3.71. The minimum atomic E-state index is 0.472. The SMILES string of the molecule is O=CCN1CCN(c2nc(-c3ccc(Cl)cc3)nc3ccc(Cl)cc23)CC1. The first kappa shape index (κ1) is 18.2. The maximum absolute atomic E-state index is 10.8. The molecule has 7 heteroatoms. The summed E-state index contributed by atoms with van der Waals surface area (Å²) in [5.74, 6) is 1.53. The van der Waals surface area contributed by atoms with Crippen LogP contribution < -0.4 is 4.90 Å². The molecule has 0 radical (unpaired) electrons. The second-order valence-corrected chi connectivity index (χ2v) is 7.37. The fourth-order valence-electron chi connectivity index (χ4n) is 3.30. The Bertz CT molecular complexity index is 970. The third-order valence-corrected chi connectivity index (χ3v) is 5.23. The molecule has 0 atom stereocenters. The van der Waals surface area contributed by atoms with E-state index in [0.717, 1.165) is 54.7 Å². The molecule has 5 nitrogen and oxygen atoms in total. The highest BCUT2D eigenvalue weighted by Gasteiger charge is 2.21. The van der Waals surface area contributed by atoms with Crippen molar-refractivity contribution in [2.45, 2.75) is 0 Å². The van der Waals surface area contributed by atoms with E-state index in [1.165, 1.54) is 0 Å². The normalized spacial score (nSPS) is 15.3. The van der Waals surface area contributed by atoms with Crippen LogP contribution in [0.5, 0.6) is 0 Å². The summed E-state index contributed by atoms with van der Waals surface area (Å²) in [5.41, 5.74) is 1.77. The van der Waals surface area contributed by atoms with Gasteiger partial charge in [-0.3, -0.25) is 4.90 Å². The molecule has 4 rings (SSSR count). The number of hydrogen-bond donors (Lipinski definition) is 0. The Morgan fingerprint density at radius 3 is 2.33 bits per heavy atom. The number of carbonyl (C=O) groups excluding carboxylic acids is 1. The van der Waals surface area contributed by atoms with Crippen molar-refractivity contribution >= 4 is 46.2 Å². The lowest BCUT2D eigenvalue weighted by atomic mass is 10.1. The van der Waals surface area contributed by atoms with Gasteiger partial charge in [-0.05, 0) is 42.5 Å². The molecule has 0 saturated carbocycles. The van der Waals surface area contributed by atoms with Crippen LogP contribution in [0.1, 0.15) is 0 Å². The fourth-order valence-corrected chi connectivity index (χ4v) is 3.60. The minimum Gasteiger partial charge on any atom is -0.353 e. The topological polar surface area (TPSA) is 49.3 Å². The molecule has 0 unspecified atom stereocenters. The smallest absolute Gasteiger partial charge is 0.162 e. The van der Waals surface area contributed by atoms with E-state index < -0.39 is 0 Å². The van der Waals surface area contributed by atoms with Gasteiger partial charge in [-0.15, -0.1) is 0 Å². The molecule has 0 spiro atoms. The number of nitrogens with zero attached hydrogens (tertiary/aromatic N) is 4. The van der Waals surface area contributed by atoms with Crippen LogP contribution >= 0.6 is 23.2 Å². The van der Waals surface area contributed by atoms with E-state index in [1.807, 2.05) is 42.5 Å². The third-order valence-electron chi connectivity index (χ3n) is 4.74. The number of aldehydes is 1. The zero-order chi connectivity index (χ0) is 18.8. The van der Waals surface area contributed by atoms with Crippen LogP contribution in [0.25, 0.3) is 22.3 Å². The van der Waals surface area contributed by atoms with E-state index in [9.17, 15) is 4.79 Å². The van der Waals surface area contributed by atoms with Gasteiger partial charge in [0.1, 0.15) is 12.1 Å². The van der Waals surface area contributed by atoms with E-state index in [0.29, 0.717) is 22.4 Å². The van der Waals surface area contributed by atoms with Gasteiger partial charge >= 0.3 is 0 Å². The largest absolute Gasteiger partial charge is 0.353 e. The molecule has 1 aromatic heterocycles. The molecule has 27 heavy (non-hydrogen) atoms. The Kier molecular flexibility index (Phi) is 5.25. The third kappa shape index (κ3) is 3.90. The van der Waals surface area contributed by atoms with Crippen molar-refractivity contribution in [3.63, 3.8) is 0 Å². The van der Waals surface area contributed by atoms with Crippen molar-refractivity contribution in [2.24, 2.45) is 0 Å². The van der Waals surface area contributed by atoms with Gasteiger partial charge in [-0.1, -0.05) is 23.2 Å². The minimum absolute atomic E-state index is 0.472. The van der Waals surface area contributed by atoms with Gasteiger partial charge < -0.3 is 9.69 Å². The van der Waals surface area contributed by atoms with E-state index in [2.05, 4.69) is 9.80 Å². The van der Waals surface area contributed by atoms with Gasteiger partial charge in [0.15, 0.2) is 5.82 Å². The highest BCUT2D eigenvalue weighted by Crippen LogP contribution is 2.30. The molecule has 138 valence electrons. The molecule has 1 saturated heterocycles. The first-order valence-electron chi connectivity index (χ1n) is 8.78. The first-order chi connectivity index (χ1) is 13.1. The molecule has 0 amide bonds. The van der Waals surface area contributed by atoms with E-state index in [1.54, 1.807) is 0 Å². The van der Waals surface area contributed by atoms with Crippen molar-refractivity contribution < 1.29 is 4.79 Å². The Morgan fingerprint density at radius 2 is 1.63 bits per heavy atom. The Hall–Kier alpha value is -2.21. The molecule has 0 N–H and O–H groups in total. The highest BCUT2D eigenvalue weighted by molar-refractivity contribution is 6.31. The lowest BCUT2D eigenvalue weighted by Crippen LogP contribution is -2.47. The summed E-state index contributed by atoms with van der Waals surface area (Å²) in [6.07, 6.45) is 0.953. The second-order valence-electron chi connectivity index (χ2n) is 6.49. The summed E-state index contributed by atoms with van der Waals surface area (Å²) in [7, 11) is 0. The molecule has 0 aliphatic carbocycles. The molecule has 1 aliphatic heterocycles. The number of piperazine rings is 1. The maximum atomic E-state index is 10.8. The van der Waals surface area contributed by atoms with Crippen LogP contribution in [0.15, 0.2) is 42.5 Å². The molecular weight excluding hydrogens is 383 g/mol. The van der Waals surface area contributed by atoms with Gasteiger partial charge in [-0.25, -0.2) is 9.97 Å². The highest BCUT2D eigenvalue weighted by atomic mass is 35.5. The Morgan fingerprint density at radius 1 is 0.926 bits per heavy atom. The number of fused-ring (bicyclic) bond motifs is 1. The van der Waals surface area contributed by atoms with Crippen molar-refractivity contribution in [3.05, 3.63) is 52.5 Å². The Balaban J connectivity index is 1.76. The number of hydrogen-bond acceptors (Lipinski definition) is 5. The number of anilines is 1. The molecular formula is C20H18Cl2N4O. The summed E-state index contributed by atoms with van der Waals surface area (Å²) in [5, 5.41) is 2.27. The maximum Gasteiger partial charge on any atom is 0.162 e. The molecule has 1 fully saturated rings. The average molecular weight is 401 g/mol. The molecule has 2 aromatic carbocycles. The zero-order valence-corrected chi connectivity index (χ0v) is 16.1. The summed E-state index contributed by atoms with van der Waals surface area (Å²) >= 11 is 12.2. The predicted octanol–water partition coefficient (Wildman–Crippen LogP) is 3.92. The number of benzene rings is 2. The number of rotatable bonds is 4. The summed E-state index contributed by atoms with van der Waals surface area (Å²) < 4.78 is 0. The zero-order valence-electron chi connectivity index (χ0n) is 14.6. The van der Waals surface area contributed by atoms with Gasteiger partial charge in [0, 0.05) is 47.2 Å². The van der Waals surface area contributed by atoms with Crippen molar-refractivity contribution in [2.75, 3.05) is 37.6 Å². The standard InChI is InChI=1S/C20H18Cl2N4O/c21-15-3-1-14(2-4-15)19-23-18-6-5-16(22)13-17(18)20(24-19)26-9-7-25(8-10-26)11-12-27/h1-6,12-13H,7-11H2. The van der Waals surface area contributed by atoms with Crippen molar-refractivity contribution in [1.82, 2.24) is 14.9 Å². The van der Waals surface area contributed by atoms with Crippen molar-refractivity contribution in [3.8, 4) is 11.4 Å². The number of aromatic nitrogens is 2. The second kappa shape index (κ2) is 7.80. The van der Waals surface area contributed by atoms with Gasteiger partial charge in [0.2, 0.25) is 0 Å². The van der Waals surface area contributed by atoms with E-state index >= 15 is 0 Å². The van der Waals surface area contributed by atoms with Gasteiger partial charge in [0.25, 0.3) is 0 Å². The van der Waals surface area contributed by atoms with E-state index in [4.69, 9.17) is 33.2 Å². The van der Waals surface area contributed by atoms with Crippen LogP contribution in [0, 0.1) is 0 Å². The lowest BCUT2D eigenvalue weighted by molar-refractivity contribution is -0.108. The van der Waals surface area contributed by atoms with Crippen LogP contribution in [0.4, 0.5) is 5.82 Å².